The Labute approximate surface area is 188 Å². The molecule has 5 nitrogen and oxygen atoms in total. The van der Waals surface area contributed by atoms with Crippen molar-refractivity contribution in [1.29, 1.82) is 5.26 Å². The van der Waals surface area contributed by atoms with E-state index in [2.05, 4.69) is 6.07 Å². The van der Waals surface area contributed by atoms with Gasteiger partial charge < -0.3 is 9.47 Å². The SMILES string of the molecule is N#Cc1ccc(OC(=O)c2ccc(OC(=O)c3cc[c-]cc3)cc2)cc1.[V].[W]. The number of hydrogen-bond acceptors (Lipinski definition) is 5. The molecule has 3 aromatic rings. The summed E-state index contributed by atoms with van der Waals surface area (Å²) in [6.45, 7) is 0. The van der Waals surface area contributed by atoms with Crippen molar-refractivity contribution >= 4 is 11.9 Å². The first-order chi connectivity index (χ1) is 12.7. The van der Waals surface area contributed by atoms with E-state index in [9.17, 15) is 9.59 Å². The zero-order valence-electron chi connectivity index (χ0n) is 14.4. The second-order valence-corrected chi connectivity index (χ2v) is 5.23. The first-order valence-electron chi connectivity index (χ1n) is 7.66. The molecule has 0 aliphatic heterocycles. The van der Waals surface area contributed by atoms with Crippen molar-refractivity contribution < 1.29 is 58.7 Å². The summed E-state index contributed by atoms with van der Waals surface area (Å²) in [6.07, 6.45) is 0. The van der Waals surface area contributed by atoms with E-state index in [1.165, 1.54) is 24.3 Å². The van der Waals surface area contributed by atoms with E-state index in [-0.39, 0.29) is 39.6 Å². The first kappa shape index (κ1) is 23.4. The maximum Gasteiger partial charge on any atom is 0.343 e. The molecule has 0 bridgehead atoms. The number of rotatable bonds is 4. The monoisotopic (exact) mass is 577 g/mol. The van der Waals surface area contributed by atoms with E-state index in [4.69, 9.17) is 14.7 Å². The summed E-state index contributed by atoms with van der Waals surface area (Å²) < 4.78 is 10.5. The van der Waals surface area contributed by atoms with Crippen molar-refractivity contribution in [3.05, 3.63) is 95.6 Å². The molecular weight excluding hydrogens is 565 g/mol. The van der Waals surface area contributed by atoms with Gasteiger partial charge >= 0.3 is 11.9 Å². The molecule has 7 heteroatoms. The molecule has 1 radical (unpaired) electrons. The minimum Gasteiger partial charge on any atom is -0.424 e. The van der Waals surface area contributed by atoms with Gasteiger partial charge in [0.25, 0.3) is 0 Å². The van der Waals surface area contributed by atoms with Crippen LogP contribution in [0, 0.1) is 17.4 Å². The number of carbonyl (C=O) groups excluding carboxylic acids is 2. The molecule has 0 aliphatic rings. The van der Waals surface area contributed by atoms with Crippen molar-refractivity contribution in [2.75, 3.05) is 0 Å². The smallest absolute Gasteiger partial charge is 0.343 e. The standard InChI is InChI=1S/C21H12NO4.V.W/c22-14-15-6-10-18(11-7-15)25-21(24)17-8-12-19(13-9-17)26-20(23)16-4-2-1-3-5-16;;/h2-13H;;/q-1;;. The van der Waals surface area contributed by atoms with Gasteiger partial charge in [-0.1, -0.05) is 0 Å². The summed E-state index contributed by atoms with van der Waals surface area (Å²) >= 11 is 0. The quantitative estimate of drug-likeness (QED) is 0.268. The second-order valence-electron chi connectivity index (χ2n) is 5.23. The molecule has 0 fully saturated rings. The molecule has 3 aromatic carbocycles. The molecule has 0 heterocycles. The van der Waals surface area contributed by atoms with Gasteiger partial charge in [-0.3, -0.25) is 0 Å². The van der Waals surface area contributed by atoms with Crippen LogP contribution in [-0.4, -0.2) is 11.9 Å². The zero-order valence-corrected chi connectivity index (χ0v) is 18.7. The predicted octanol–water partition coefficient (Wildman–Crippen LogP) is 3.79. The van der Waals surface area contributed by atoms with Crippen LogP contribution in [0.2, 0.25) is 0 Å². The van der Waals surface area contributed by atoms with Crippen molar-refractivity contribution in [2.24, 2.45) is 0 Å². The van der Waals surface area contributed by atoms with E-state index in [0.29, 0.717) is 28.2 Å². The van der Waals surface area contributed by atoms with Crippen LogP contribution >= 0.6 is 0 Å². The summed E-state index contributed by atoms with van der Waals surface area (Å²) in [5.41, 5.74) is 1.20. The van der Waals surface area contributed by atoms with E-state index in [1.54, 1.807) is 48.5 Å². The van der Waals surface area contributed by atoms with Gasteiger partial charge in [0.2, 0.25) is 0 Å². The van der Waals surface area contributed by atoms with Crippen molar-refractivity contribution in [3.8, 4) is 17.6 Å². The molecular formula is C21H12NO4VW-. The van der Waals surface area contributed by atoms with Gasteiger partial charge in [0.05, 0.1) is 17.2 Å². The third-order valence-corrected chi connectivity index (χ3v) is 3.45. The Morgan fingerprint density at radius 1 is 0.750 bits per heavy atom. The van der Waals surface area contributed by atoms with Crippen LogP contribution in [-0.2, 0) is 39.6 Å². The molecule has 28 heavy (non-hydrogen) atoms. The number of nitriles is 1. The molecule has 0 saturated heterocycles. The molecule has 0 aliphatic carbocycles. The van der Waals surface area contributed by atoms with Crippen LogP contribution in [0.5, 0.6) is 11.5 Å². The van der Waals surface area contributed by atoms with Gasteiger partial charge in [-0.2, -0.15) is 35.6 Å². The number of esters is 2. The summed E-state index contributed by atoms with van der Waals surface area (Å²) in [6, 6.07) is 23.5. The van der Waals surface area contributed by atoms with Gasteiger partial charge in [0.1, 0.15) is 11.5 Å². The summed E-state index contributed by atoms with van der Waals surface area (Å²) in [7, 11) is 0. The van der Waals surface area contributed by atoms with Crippen molar-refractivity contribution in [1.82, 2.24) is 0 Å². The minimum absolute atomic E-state index is 0. The fraction of sp³-hybridized carbons (Fsp3) is 0. The third kappa shape index (κ3) is 6.21. The summed E-state index contributed by atoms with van der Waals surface area (Å²) in [4.78, 5) is 24.1. The Morgan fingerprint density at radius 2 is 1.18 bits per heavy atom. The Hall–Kier alpha value is -2.64. The Kier molecular flexibility index (Phi) is 9.41. The Bertz CT molecular complexity index is 968. The fourth-order valence-electron chi connectivity index (χ4n) is 2.11. The molecule has 3 rings (SSSR count). The van der Waals surface area contributed by atoms with Crippen LogP contribution in [0.4, 0.5) is 0 Å². The largest absolute Gasteiger partial charge is 0.424 e. The van der Waals surface area contributed by atoms with Crippen molar-refractivity contribution in [3.63, 3.8) is 0 Å². The molecule has 0 N–H and O–H groups in total. The first-order valence-corrected chi connectivity index (χ1v) is 7.66. The topological polar surface area (TPSA) is 76.4 Å². The van der Waals surface area contributed by atoms with Crippen LogP contribution < -0.4 is 9.47 Å². The average molecular weight is 577 g/mol. The predicted molar refractivity (Wildman–Crippen MR) is 92.8 cm³/mol. The maximum absolute atomic E-state index is 12.1. The average Bonchev–Trinajstić information content (AvgIpc) is 2.69. The van der Waals surface area contributed by atoms with Gasteiger partial charge in [0.15, 0.2) is 0 Å². The van der Waals surface area contributed by atoms with Crippen LogP contribution in [0.1, 0.15) is 26.3 Å². The molecule has 0 saturated carbocycles. The number of hydrogen-bond donors (Lipinski definition) is 0. The van der Waals surface area contributed by atoms with Gasteiger partial charge in [0, 0.05) is 39.6 Å². The maximum atomic E-state index is 12.1. The Balaban J connectivity index is 0.00000196. The molecule has 0 amide bonds. The second kappa shape index (κ2) is 11.3. The van der Waals surface area contributed by atoms with E-state index < -0.39 is 11.9 Å². The molecule has 0 spiro atoms. The van der Waals surface area contributed by atoms with E-state index >= 15 is 0 Å². The Morgan fingerprint density at radius 3 is 1.64 bits per heavy atom. The van der Waals surface area contributed by atoms with Gasteiger partial charge in [-0.25, -0.2) is 9.59 Å². The number of benzene rings is 3. The third-order valence-electron chi connectivity index (χ3n) is 3.45. The fourth-order valence-corrected chi connectivity index (χ4v) is 2.11. The number of ether oxygens (including phenoxy) is 2. The van der Waals surface area contributed by atoms with Gasteiger partial charge in [-0.15, -0.1) is 0 Å². The van der Waals surface area contributed by atoms with Crippen LogP contribution in [0.25, 0.3) is 0 Å². The summed E-state index contributed by atoms with van der Waals surface area (Å²) in [5.74, 6) is -0.388. The number of carbonyl (C=O) groups is 2. The molecule has 0 aromatic heterocycles. The molecule has 0 atom stereocenters. The van der Waals surface area contributed by atoms with Crippen molar-refractivity contribution in [2.45, 2.75) is 0 Å². The van der Waals surface area contributed by atoms with Crippen LogP contribution in [0.3, 0.4) is 0 Å². The molecule has 0 unspecified atom stereocenters. The number of nitrogens with zero attached hydrogens (tertiary/aromatic N) is 1. The van der Waals surface area contributed by atoms with E-state index in [1.807, 2.05) is 6.07 Å². The van der Waals surface area contributed by atoms with Crippen LogP contribution in [0.15, 0.2) is 72.8 Å². The van der Waals surface area contributed by atoms with E-state index in [0.717, 1.165) is 0 Å². The molecule has 137 valence electrons. The van der Waals surface area contributed by atoms with Gasteiger partial charge in [-0.05, 0) is 54.1 Å². The normalized spacial score (nSPS) is 9.11. The summed E-state index contributed by atoms with van der Waals surface area (Å²) in [5, 5.41) is 8.75. The zero-order chi connectivity index (χ0) is 18.4. The minimum atomic E-state index is -0.550.